The third-order valence-electron chi connectivity index (χ3n) is 5.63. The number of carbonyl (C=O) groups is 1. The number of hydrogen-bond acceptors (Lipinski definition) is 5. The predicted octanol–water partition coefficient (Wildman–Crippen LogP) is 2.41. The third kappa shape index (κ3) is 4.27. The molecule has 2 aliphatic rings. The molecule has 0 radical (unpaired) electrons. The lowest BCUT2D eigenvalue weighted by Gasteiger charge is -2.43. The summed E-state index contributed by atoms with van der Waals surface area (Å²) in [5.74, 6) is 0.751. The molecule has 0 saturated carbocycles. The van der Waals surface area contributed by atoms with Crippen molar-refractivity contribution >= 4 is 33.0 Å². The SMILES string of the molecule is COc1ccc(CCN2CC(=O)N(c3cccc(Cl)c3)[C@@H]3CS(=O)(=O)C[C@@H]32)cc1. The van der Waals surface area contributed by atoms with Crippen molar-refractivity contribution in [3.8, 4) is 5.75 Å². The molecule has 2 atom stereocenters. The van der Waals surface area contributed by atoms with E-state index in [-0.39, 0.29) is 30.0 Å². The first kappa shape index (κ1) is 20.2. The number of halogens is 1. The number of rotatable bonds is 5. The highest BCUT2D eigenvalue weighted by atomic mass is 35.5. The molecule has 2 fully saturated rings. The van der Waals surface area contributed by atoms with Gasteiger partial charge in [0.05, 0.1) is 31.2 Å². The van der Waals surface area contributed by atoms with Gasteiger partial charge in [-0.25, -0.2) is 8.42 Å². The molecule has 0 unspecified atom stereocenters. The number of benzene rings is 2. The Kier molecular flexibility index (Phi) is 5.55. The van der Waals surface area contributed by atoms with E-state index >= 15 is 0 Å². The Morgan fingerprint density at radius 2 is 1.83 bits per heavy atom. The van der Waals surface area contributed by atoms with Crippen LogP contribution in [0.25, 0.3) is 0 Å². The minimum Gasteiger partial charge on any atom is -0.497 e. The number of fused-ring (bicyclic) bond motifs is 1. The summed E-state index contributed by atoms with van der Waals surface area (Å²) in [6.07, 6.45) is 0.734. The van der Waals surface area contributed by atoms with Crippen molar-refractivity contribution in [3.63, 3.8) is 0 Å². The molecule has 4 rings (SSSR count). The zero-order valence-electron chi connectivity index (χ0n) is 16.1. The number of nitrogens with zero attached hydrogens (tertiary/aromatic N) is 2. The second-order valence-electron chi connectivity index (χ2n) is 7.52. The quantitative estimate of drug-likeness (QED) is 0.723. The Labute approximate surface area is 175 Å². The normalized spacial score (nSPS) is 23.8. The van der Waals surface area contributed by atoms with E-state index in [0.717, 1.165) is 17.7 Å². The molecule has 0 N–H and O–H groups in total. The Bertz CT molecular complexity index is 1010. The smallest absolute Gasteiger partial charge is 0.241 e. The van der Waals surface area contributed by atoms with Crippen LogP contribution in [0.2, 0.25) is 5.02 Å². The van der Waals surface area contributed by atoms with Crippen LogP contribution in [0.5, 0.6) is 5.75 Å². The van der Waals surface area contributed by atoms with Gasteiger partial charge in [0.1, 0.15) is 5.75 Å². The number of methoxy groups -OCH3 is 1. The molecule has 2 aromatic carbocycles. The summed E-state index contributed by atoms with van der Waals surface area (Å²) < 4.78 is 30.0. The largest absolute Gasteiger partial charge is 0.497 e. The maximum Gasteiger partial charge on any atom is 0.241 e. The second-order valence-corrected chi connectivity index (χ2v) is 10.1. The van der Waals surface area contributed by atoms with E-state index in [1.165, 1.54) is 0 Å². The van der Waals surface area contributed by atoms with Gasteiger partial charge in [0.15, 0.2) is 9.84 Å². The Hall–Kier alpha value is -2.09. The van der Waals surface area contributed by atoms with Crippen molar-refractivity contribution in [2.75, 3.05) is 36.6 Å². The lowest BCUT2D eigenvalue weighted by atomic mass is 10.0. The van der Waals surface area contributed by atoms with Gasteiger partial charge in [-0.15, -0.1) is 0 Å². The Balaban J connectivity index is 1.55. The lowest BCUT2D eigenvalue weighted by molar-refractivity contribution is -0.123. The standard InChI is InChI=1S/C21H23ClN2O4S/c1-28-18-7-5-15(6-8-18)9-10-23-12-21(25)24(17-4-2-3-16(22)11-17)20-14-29(26,27)13-19(20)23/h2-8,11,19-20H,9-10,12-14H2,1H3/t19-,20+/m0/s1. The van der Waals surface area contributed by atoms with Crippen molar-refractivity contribution in [2.24, 2.45) is 0 Å². The van der Waals surface area contributed by atoms with Gasteiger partial charge in [0.25, 0.3) is 0 Å². The van der Waals surface area contributed by atoms with E-state index in [1.54, 1.807) is 36.3 Å². The molecule has 0 aliphatic carbocycles. The van der Waals surface area contributed by atoms with Crippen LogP contribution in [-0.2, 0) is 21.1 Å². The highest BCUT2D eigenvalue weighted by Gasteiger charge is 2.49. The molecule has 0 aromatic heterocycles. The highest BCUT2D eigenvalue weighted by molar-refractivity contribution is 7.91. The highest BCUT2D eigenvalue weighted by Crippen LogP contribution is 2.32. The lowest BCUT2D eigenvalue weighted by Crippen LogP contribution is -2.62. The van der Waals surface area contributed by atoms with Gasteiger partial charge in [-0.1, -0.05) is 29.8 Å². The average Bonchev–Trinajstić information content (AvgIpc) is 3.01. The number of piperazine rings is 1. The summed E-state index contributed by atoms with van der Waals surface area (Å²) in [7, 11) is -1.59. The summed E-state index contributed by atoms with van der Waals surface area (Å²) in [6.45, 7) is 0.817. The molecule has 2 aliphatic heterocycles. The van der Waals surface area contributed by atoms with Crippen molar-refractivity contribution in [1.82, 2.24) is 4.90 Å². The molecular formula is C21H23ClN2O4S. The number of anilines is 1. The van der Waals surface area contributed by atoms with E-state index in [4.69, 9.17) is 16.3 Å². The van der Waals surface area contributed by atoms with Crippen molar-refractivity contribution in [2.45, 2.75) is 18.5 Å². The molecule has 1 amide bonds. The van der Waals surface area contributed by atoms with Crippen LogP contribution in [0, 0.1) is 0 Å². The van der Waals surface area contributed by atoms with Gasteiger partial charge < -0.3 is 9.64 Å². The fourth-order valence-electron chi connectivity index (χ4n) is 4.23. The van der Waals surface area contributed by atoms with Crippen molar-refractivity contribution in [3.05, 3.63) is 59.1 Å². The maximum atomic E-state index is 13.0. The number of hydrogen-bond donors (Lipinski definition) is 0. The monoisotopic (exact) mass is 434 g/mol. The first-order valence-electron chi connectivity index (χ1n) is 9.51. The Morgan fingerprint density at radius 1 is 1.10 bits per heavy atom. The molecule has 6 nitrogen and oxygen atoms in total. The molecule has 2 saturated heterocycles. The summed E-state index contributed by atoms with van der Waals surface area (Å²) in [4.78, 5) is 16.6. The molecular weight excluding hydrogens is 412 g/mol. The van der Waals surface area contributed by atoms with E-state index in [9.17, 15) is 13.2 Å². The van der Waals surface area contributed by atoms with Crippen LogP contribution in [-0.4, -0.2) is 63.0 Å². The van der Waals surface area contributed by atoms with Crippen LogP contribution in [0.15, 0.2) is 48.5 Å². The summed E-state index contributed by atoms with van der Waals surface area (Å²) in [5.41, 5.74) is 1.78. The maximum absolute atomic E-state index is 13.0. The average molecular weight is 435 g/mol. The van der Waals surface area contributed by atoms with Gasteiger partial charge in [-0.2, -0.15) is 0 Å². The fourth-order valence-corrected chi connectivity index (χ4v) is 6.39. The van der Waals surface area contributed by atoms with Gasteiger partial charge in [0.2, 0.25) is 5.91 Å². The fraction of sp³-hybridized carbons (Fsp3) is 0.381. The van der Waals surface area contributed by atoms with Gasteiger partial charge in [0, 0.05) is 23.3 Å². The molecule has 0 bridgehead atoms. The van der Waals surface area contributed by atoms with Crippen LogP contribution in [0.4, 0.5) is 5.69 Å². The van der Waals surface area contributed by atoms with Crippen molar-refractivity contribution < 1.29 is 17.9 Å². The topological polar surface area (TPSA) is 66.9 Å². The Morgan fingerprint density at radius 3 is 2.52 bits per heavy atom. The van der Waals surface area contributed by atoms with Crippen LogP contribution >= 0.6 is 11.6 Å². The molecule has 2 heterocycles. The predicted molar refractivity (Wildman–Crippen MR) is 113 cm³/mol. The van der Waals surface area contributed by atoms with E-state index in [0.29, 0.717) is 17.3 Å². The second kappa shape index (κ2) is 7.97. The van der Waals surface area contributed by atoms with Gasteiger partial charge in [-0.05, 0) is 42.3 Å². The third-order valence-corrected chi connectivity index (χ3v) is 7.57. The van der Waals surface area contributed by atoms with Crippen molar-refractivity contribution in [1.29, 1.82) is 0 Å². The first-order chi connectivity index (χ1) is 13.9. The van der Waals surface area contributed by atoms with E-state index in [1.807, 2.05) is 29.2 Å². The molecule has 8 heteroatoms. The minimum atomic E-state index is -3.21. The van der Waals surface area contributed by atoms with Crippen LogP contribution < -0.4 is 9.64 Å². The number of sulfone groups is 1. The summed E-state index contributed by atoms with van der Waals surface area (Å²) in [5, 5.41) is 0.523. The molecule has 154 valence electrons. The number of carbonyl (C=O) groups excluding carboxylic acids is 1. The molecule has 0 spiro atoms. The zero-order valence-corrected chi connectivity index (χ0v) is 17.7. The zero-order chi connectivity index (χ0) is 20.6. The van der Waals surface area contributed by atoms with E-state index < -0.39 is 15.9 Å². The first-order valence-corrected chi connectivity index (χ1v) is 11.7. The van der Waals surface area contributed by atoms with Crippen LogP contribution in [0.1, 0.15) is 5.56 Å². The summed E-state index contributed by atoms with van der Waals surface area (Å²) in [6, 6.07) is 14.2. The minimum absolute atomic E-state index is 0.0189. The van der Waals surface area contributed by atoms with E-state index in [2.05, 4.69) is 0 Å². The summed E-state index contributed by atoms with van der Waals surface area (Å²) >= 11 is 6.10. The van der Waals surface area contributed by atoms with Crippen LogP contribution in [0.3, 0.4) is 0 Å². The molecule has 29 heavy (non-hydrogen) atoms. The molecule has 2 aromatic rings. The van der Waals surface area contributed by atoms with Gasteiger partial charge in [-0.3, -0.25) is 9.69 Å². The number of amides is 1. The van der Waals surface area contributed by atoms with Gasteiger partial charge >= 0.3 is 0 Å². The number of ether oxygens (including phenoxy) is 1.